The minimum absolute atomic E-state index is 0.0345. The summed E-state index contributed by atoms with van der Waals surface area (Å²) in [5.41, 5.74) is -0.817. The standard InChI is InChI=1S/C15H11ClF3N3O3/c16-13-5-4-10(7-12(13)15(17,18)19)21-14(23)20-8-9-2-1-3-11(6-9)22(24)25/h1-7H,8H2,(H2,20,21,23). The van der Waals surface area contributed by atoms with Crippen LogP contribution >= 0.6 is 11.6 Å². The number of benzene rings is 2. The summed E-state index contributed by atoms with van der Waals surface area (Å²) >= 11 is 5.50. The van der Waals surface area contributed by atoms with E-state index in [1.807, 2.05) is 0 Å². The highest BCUT2D eigenvalue weighted by molar-refractivity contribution is 6.31. The van der Waals surface area contributed by atoms with Gasteiger partial charge in [0, 0.05) is 24.4 Å². The molecule has 0 atom stereocenters. The van der Waals surface area contributed by atoms with Crippen molar-refractivity contribution >= 4 is 29.0 Å². The zero-order valence-corrected chi connectivity index (χ0v) is 13.2. The molecule has 0 spiro atoms. The van der Waals surface area contributed by atoms with Gasteiger partial charge in [0.2, 0.25) is 0 Å². The highest BCUT2D eigenvalue weighted by Gasteiger charge is 2.33. The Morgan fingerprint density at radius 3 is 2.56 bits per heavy atom. The molecule has 0 saturated heterocycles. The zero-order valence-electron chi connectivity index (χ0n) is 12.4. The second-order valence-corrected chi connectivity index (χ2v) is 5.33. The summed E-state index contributed by atoms with van der Waals surface area (Å²) < 4.78 is 38.3. The van der Waals surface area contributed by atoms with Gasteiger partial charge in [0.25, 0.3) is 5.69 Å². The lowest BCUT2D eigenvalue weighted by Crippen LogP contribution is -2.28. The summed E-state index contributed by atoms with van der Waals surface area (Å²) in [7, 11) is 0. The molecule has 0 radical (unpaired) electrons. The van der Waals surface area contributed by atoms with Crippen LogP contribution in [0.2, 0.25) is 5.02 Å². The van der Waals surface area contributed by atoms with Crippen LogP contribution in [0.5, 0.6) is 0 Å². The van der Waals surface area contributed by atoms with Gasteiger partial charge in [-0.2, -0.15) is 13.2 Å². The van der Waals surface area contributed by atoms with Crippen molar-refractivity contribution in [1.82, 2.24) is 5.32 Å². The smallest absolute Gasteiger partial charge is 0.334 e. The van der Waals surface area contributed by atoms with Crippen molar-refractivity contribution in [3.63, 3.8) is 0 Å². The molecule has 0 aliphatic heterocycles. The van der Waals surface area contributed by atoms with Gasteiger partial charge in [-0.25, -0.2) is 4.79 Å². The van der Waals surface area contributed by atoms with Crippen LogP contribution in [0.3, 0.4) is 0 Å². The first-order chi connectivity index (χ1) is 11.7. The number of nitro benzene ring substituents is 1. The molecule has 2 aromatic carbocycles. The molecule has 25 heavy (non-hydrogen) atoms. The normalized spacial score (nSPS) is 11.0. The highest BCUT2D eigenvalue weighted by atomic mass is 35.5. The summed E-state index contributed by atoms with van der Waals surface area (Å²) in [6.45, 7) is -0.0345. The van der Waals surface area contributed by atoms with Crippen molar-refractivity contribution in [2.24, 2.45) is 0 Å². The van der Waals surface area contributed by atoms with Gasteiger partial charge in [-0.3, -0.25) is 10.1 Å². The van der Waals surface area contributed by atoms with Crippen molar-refractivity contribution in [3.8, 4) is 0 Å². The molecule has 2 N–H and O–H groups in total. The van der Waals surface area contributed by atoms with Crippen LogP contribution in [0.25, 0.3) is 0 Å². The first kappa shape index (κ1) is 18.5. The van der Waals surface area contributed by atoms with Gasteiger partial charge < -0.3 is 10.6 Å². The van der Waals surface area contributed by atoms with Crippen molar-refractivity contribution in [2.75, 3.05) is 5.32 Å². The van der Waals surface area contributed by atoms with Crippen LogP contribution in [0, 0.1) is 10.1 Å². The van der Waals surface area contributed by atoms with Gasteiger partial charge >= 0.3 is 12.2 Å². The van der Waals surface area contributed by atoms with E-state index in [0.29, 0.717) is 5.56 Å². The summed E-state index contributed by atoms with van der Waals surface area (Å²) in [6.07, 6.45) is -4.64. The van der Waals surface area contributed by atoms with Gasteiger partial charge in [0.15, 0.2) is 0 Å². The number of urea groups is 1. The molecule has 0 aliphatic carbocycles. The number of carbonyl (C=O) groups excluding carboxylic acids is 1. The molecule has 0 heterocycles. The summed E-state index contributed by atoms with van der Waals surface area (Å²) in [5.74, 6) is 0. The van der Waals surface area contributed by atoms with Crippen LogP contribution in [-0.4, -0.2) is 11.0 Å². The summed E-state index contributed by atoms with van der Waals surface area (Å²) in [5, 5.41) is 14.8. The fourth-order valence-electron chi connectivity index (χ4n) is 1.96. The molecular weight excluding hydrogens is 363 g/mol. The second-order valence-electron chi connectivity index (χ2n) is 4.93. The van der Waals surface area contributed by atoms with Gasteiger partial charge in [-0.05, 0) is 23.8 Å². The molecule has 0 fully saturated rings. The Morgan fingerprint density at radius 1 is 1.20 bits per heavy atom. The second kappa shape index (κ2) is 7.39. The molecule has 0 unspecified atom stereocenters. The number of hydrogen-bond donors (Lipinski definition) is 2. The molecular formula is C15H11ClF3N3O3. The molecule has 0 aromatic heterocycles. The number of amides is 2. The first-order valence-electron chi connectivity index (χ1n) is 6.82. The number of alkyl halides is 3. The number of hydrogen-bond acceptors (Lipinski definition) is 3. The predicted octanol–water partition coefficient (Wildman–Crippen LogP) is 4.59. The topological polar surface area (TPSA) is 84.3 Å². The van der Waals surface area contributed by atoms with Gasteiger partial charge in [0.05, 0.1) is 15.5 Å². The Labute approximate surface area is 144 Å². The lowest BCUT2D eigenvalue weighted by molar-refractivity contribution is -0.384. The minimum atomic E-state index is -4.64. The Hall–Kier alpha value is -2.81. The van der Waals surface area contributed by atoms with E-state index < -0.39 is 27.7 Å². The van der Waals surface area contributed by atoms with Crippen LogP contribution < -0.4 is 10.6 Å². The molecule has 6 nitrogen and oxygen atoms in total. The van der Waals surface area contributed by atoms with Gasteiger partial charge in [-0.15, -0.1) is 0 Å². The maximum atomic E-state index is 12.8. The van der Waals surface area contributed by atoms with E-state index in [-0.39, 0.29) is 17.9 Å². The molecule has 0 aliphatic rings. The number of nitro groups is 1. The van der Waals surface area contributed by atoms with Crippen LogP contribution in [0.15, 0.2) is 42.5 Å². The van der Waals surface area contributed by atoms with Crippen molar-refractivity contribution in [3.05, 3.63) is 68.7 Å². The number of non-ortho nitro benzene ring substituents is 1. The van der Waals surface area contributed by atoms with E-state index in [1.54, 1.807) is 6.07 Å². The monoisotopic (exact) mass is 373 g/mol. The Morgan fingerprint density at radius 2 is 1.92 bits per heavy atom. The molecule has 0 bridgehead atoms. The number of anilines is 1. The summed E-state index contributed by atoms with van der Waals surface area (Å²) in [6, 6.07) is 7.82. The minimum Gasteiger partial charge on any atom is -0.334 e. The van der Waals surface area contributed by atoms with Gasteiger partial charge in [-0.1, -0.05) is 23.7 Å². The van der Waals surface area contributed by atoms with Crippen molar-refractivity contribution < 1.29 is 22.9 Å². The van der Waals surface area contributed by atoms with Crippen LogP contribution in [-0.2, 0) is 12.7 Å². The molecule has 2 rings (SSSR count). The third-order valence-electron chi connectivity index (χ3n) is 3.10. The van der Waals surface area contributed by atoms with E-state index in [4.69, 9.17) is 11.6 Å². The van der Waals surface area contributed by atoms with Gasteiger partial charge in [0.1, 0.15) is 0 Å². The van der Waals surface area contributed by atoms with E-state index in [2.05, 4.69) is 10.6 Å². The fraction of sp³-hybridized carbons (Fsp3) is 0.133. The average Bonchev–Trinajstić information content (AvgIpc) is 2.54. The van der Waals surface area contributed by atoms with E-state index >= 15 is 0 Å². The zero-order chi connectivity index (χ0) is 18.6. The van der Waals surface area contributed by atoms with Crippen molar-refractivity contribution in [1.29, 1.82) is 0 Å². The molecule has 132 valence electrons. The molecule has 0 saturated carbocycles. The molecule has 10 heteroatoms. The maximum Gasteiger partial charge on any atom is 0.417 e. The Balaban J connectivity index is 2.01. The van der Waals surface area contributed by atoms with Crippen LogP contribution in [0.4, 0.5) is 29.3 Å². The maximum absolute atomic E-state index is 12.8. The quantitative estimate of drug-likeness (QED) is 0.607. The third kappa shape index (κ3) is 5.08. The average molecular weight is 374 g/mol. The molecule has 2 aromatic rings. The van der Waals surface area contributed by atoms with Crippen LogP contribution in [0.1, 0.15) is 11.1 Å². The fourth-order valence-corrected chi connectivity index (χ4v) is 2.18. The van der Waals surface area contributed by atoms with E-state index in [0.717, 1.165) is 12.1 Å². The summed E-state index contributed by atoms with van der Waals surface area (Å²) in [4.78, 5) is 21.9. The number of carbonyl (C=O) groups is 1. The largest absolute Gasteiger partial charge is 0.417 e. The van der Waals surface area contributed by atoms with Crippen molar-refractivity contribution in [2.45, 2.75) is 12.7 Å². The lowest BCUT2D eigenvalue weighted by Gasteiger charge is -2.12. The first-order valence-corrected chi connectivity index (χ1v) is 7.19. The highest BCUT2D eigenvalue weighted by Crippen LogP contribution is 2.36. The van der Waals surface area contributed by atoms with E-state index in [9.17, 15) is 28.1 Å². The number of halogens is 4. The Bertz CT molecular complexity index is 812. The lowest BCUT2D eigenvalue weighted by atomic mass is 10.2. The Kier molecular flexibility index (Phi) is 5.48. The number of nitrogens with zero attached hydrogens (tertiary/aromatic N) is 1. The number of nitrogens with one attached hydrogen (secondary N) is 2. The molecule has 2 amide bonds. The third-order valence-corrected chi connectivity index (χ3v) is 3.43. The number of rotatable bonds is 4. The SMILES string of the molecule is O=C(NCc1cccc([N+](=O)[O-])c1)Nc1ccc(Cl)c(C(F)(F)F)c1. The predicted molar refractivity (Wildman–Crippen MR) is 85.4 cm³/mol. The van der Waals surface area contributed by atoms with E-state index in [1.165, 1.54) is 24.3 Å².